The Kier molecular flexibility index (Phi) is 6.06. The maximum absolute atomic E-state index is 14.6. The molecule has 0 bridgehead atoms. The topological polar surface area (TPSA) is 80.6 Å². The van der Waals surface area contributed by atoms with Crippen LogP contribution in [0.25, 0.3) is 10.9 Å². The van der Waals surface area contributed by atoms with E-state index in [0.717, 1.165) is 6.20 Å². The van der Waals surface area contributed by atoms with Gasteiger partial charge in [0.1, 0.15) is 11.1 Å². The molecule has 2 aromatic carbocycles. The number of hydrogen-bond acceptors (Lipinski definition) is 5. The second-order valence-electron chi connectivity index (χ2n) is 6.22. The van der Waals surface area contributed by atoms with Crippen LogP contribution in [0.4, 0.5) is 17.6 Å². The number of nitrogens with zero attached hydrogens (tertiary/aromatic N) is 1. The number of aromatic nitrogens is 1. The second-order valence-corrected chi connectivity index (χ2v) is 6.22. The fourth-order valence-electron chi connectivity index (χ4n) is 2.97. The highest BCUT2D eigenvalue weighted by Crippen LogP contribution is 2.26. The first kappa shape index (κ1) is 21.3. The summed E-state index contributed by atoms with van der Waals surface area (Å²) in [5.41, 5.74) is 0.0450. The highest BCUT2D eigenvalue weighted by Gasteiger charge is 2.28. The van der Waals surface area contributed by atoms with Gasteiger partial charge in [-0.3, -0.25) is 9.47 Å². The van der Waals surface area contributed by atoms with Gasteiger partial charge in [-0.15, -0.1) is 0 Å². The van der Waals surface area contributed by atoms with Gasteiger partial charge in [-0.2, -0.15) is 0 Å². The van der Waals surface area contributed by atoms with Gasteiger partial charge in [0.05, 0.1) is 24.6 Å². The van der Waals surface area contributed by atoms with E-state index in [9.17, 15) is 32.3 Å². The van der Waals surface area contributed by atoms with Crippen molar-refractivity contribution in [2.45, 2.75) is 13.0 Å². The lowest BCUT2D eigenvalue weighted by atomic mass is 10.1. The summed E-state index contributed by atoms with van der Waals surface area (Å²) >= 11 is 0. The molecule has 0 spiro atoms. The van der Waals surface area contributed by atoms with Crippen LogP contribution in [0, 0.1) is 23.3 Å². The molecule has 30 heavy (non-hydrogen) atoms. The van der Waals surface area contributed by atoms with Crippen molar-refractivity contribution in [2.75, 3.05) is 18.6 Å². The highest BCUT2D eigenvalue weighted by atomic mass is 19.2. The van der Waals surface area contributed by atoms with Gasteiger partial charge in [-0.05, 0) is 12.5 Å². The molecule has 0 saturated carbocycles. The van der Waals surface area contributed by atoms with Gasteiger partial charge in [0.15, 0.2) is 23.3 Å². The molecular weight excluding hydrogens is 408 g/mol. The minimum absolute atomic E-state index is 0.123. The van der Waals surface area contributed by atoms with Gasteiger partial charge in [-0.25, -0.2) is 22.4 Å². The largest absolute Gasteiger partial charge is 0.462 e. The zero-order valence-corrected chi connectivity index (χ0v) is 15.6. The maximum Gasteiger partial charge on any atom is 0.343 e. The Hall–Kier alpha value is -3.40. The van der Waals surface area contributed by atoms with Crippen molar-refractivity contribution < 1.29 is 32.2 Å². The predicted molar refractivity (Wildman–Crippen MR) is 99.6 cm³/mol. The molecular formula is C20H16F4N2O4. The molecule has 1 atom stereocenters. The third-order valence-electron chi connectivity index (χ3n) is 4.39. The van der Waals surface area contributed by atoms with Crippen molar-refractivity contribution in [3.63, 3.8) is 0 Å². The Morgan fingerprint density at radius 3 is 2.33 bits per heavy atom. The van der Waals surface area contributed by atoms with Crippen LogP contribution >= 0.6 is 0 Å². The SMILES string of the molecule is CCOC(=O)c1cn(NC(CO)c2ccccc2)c2c(F)c(F)c(F)c(F)c2c1=O. The summed E-state index contributed by atoms with van der Waals surface area (Å²) in [7, 11) is 0. The van der Waals surface area contributed by atoms with Crippen molar-refractivity contribution in [1.82, 2.24) is 4.68 Å². The third kappa shape index (κ3) is 3.61. The molecule has 1 aromatic heterocycles. The first-order chi connectivity index (χ1) is 14.3. The maximum atomic E-state index is 14.6. The number of benzene rings is 2. The summed E-state index contributed by atoms with van der Waals surface area (Å²) in [4.78, 5) is 24.7. The van der Waals surface area contributed by atoms with Gasteiger partial charge >= 0.3 is 5.97 Å². The molecule has 0 aliphatic carbocycles. The number of rotatable bonds is 6. The number of fused-ring (bicyclic) bond motifs is 1. The number of hydrogen-bond donors (Lipinski definition) is 2. The molecule has 2 N–H and O–H groups in total. The number of pyridine rings is 1. The van der Waals surface area contributed by atoms with Crippen LogP contribution in [-0.4, -0.2) is 29.0 Å². The lowest BCUT2D eigenvalue weighted by Crippen LogP contribution is -2.30. The number of carbonyl (C=O) groups excluding carboxylic acids is 1. The Bertz CT molecular complexity index is 1170. The minimum Gasteiger partial charge on any atom is -0.462 e. The lowest BCUT2D eigenvalue weighted by molar-refractivity contribution is 0.0524. The van der Waals surface area contributed by atoms with E-state index in [2.05, 4.69) is 5.43 Å². The quantitative estimate of drug-likeness (QED) is 0.275. The fraction of sp³-hybridized carbons (Fsp3) is 0.200. The third-order valence-corrected chi connectivity index (χ3v) is 4.39. The van der Waals surface area contributed by atoms with Crippen LogP contribution < -0.4 is 10.9 Å². The number of halogens is 4. The van der Waals surface area contributed by atoms with Crippen molar-refractivity contribution in [2.24, 2.45) is 0 Å². The Morgan fingerprint density at radius 2 is 1.73 bits per heavy atom. The number of aliphatic hydroxyl groups excluding tert-OH is 1. The monoisotopic (exact) mass is 424 g/mol. The number of aliphatic hydroxyl groups is 1. The first-order valence-electron chi connectivity index (χ1n) is 8.82. The highest BCUT2D eigenvalue weighted by molar-refractivity contribution is 5.94. The number of nitrogens with one attached hydrogen (secondary N) is 1. The molecule has 158 valence electrons. The van der Waals surface area contributed by atoms with Crippen LogP contribution in [0.1, 0.15) is 28.9 Å². The summed E-state index contributed by atoms with van der Waals surface area (Å²) in [5, 5.41) is 8.55. The van der Waals surface area contributed by atoms with Gasteiger partial charge < -0.3 is 15.3 Å². The first-order valence-corrected chi connectivity index (χ1v) is 8.82. The van der Waals surface area contributed by atoms with Crippen LogP contribution in [-0.2, 0) is 4.74 Å². The molecule has 10 heteroatoms. The Morgan fingerprint density at radius 1 is 1.10 bits per heavy atom. The smallest absolute Gasteiger partial charge is 0.343 e. The van der Waals surface area contributed by atoms with E-state index in [4.69, 9.17) is 4.74 Å². The molecule has 0 aliphatic heterocycles. The summed E-state index contributed by atoms with van der Waals surface area (Å²) in [5.74, 6) is -9.26. The van der Waals surface area contributed by atoms with E-state index in [0.29, 0.717) is 10.2 Å². The van der Waals surface area contributed by atoms with Crippen molar-refractivity contribution >= 4 is 16.9 Å². The van der Waals surface area contributed by atoms with E-state index in [-0.39, 0.29) is 6.61 Å². The molecule has 0 amide bonds. The van der Waals surface area contributed by atoms with Crippen LogP contribution in [0.5, 0.6) is 0 Å². The molecule has 0 aliphatic rings. The standard InChI is InChI=1S/C20H16F4N2O4/c1-2-30-20(29)11-8-26(25-12(9-27)10-6-4-3-5-7-10)18-13(19(11)28)14(21)15(22)16(23)17(18)24/h3-8,12,25,27H,2,9H2,1H3. The zero-order chi connectivity index (χ0) is 22.0. The van der Waals surface area contributed by atoms with E-state index in [1.165, 1.54) is 6.92 Å². The molecule has 1 heterocycles. The minimum atomic E-state index is -2.19. The number of esters is 1. The normalized spacial score (nSPS) is 12.1. The zero-order valence-electron chi connectivity index (χ0n) is 15.6. The van der Waals surface area contributed by atoms with Crippen LogP contribution in [0.15, 0.2) is 41.3 Å². The summed E-state index contributed by atoms with van der Waals surface area (Å²) in [6.45, 7) is 0.796. The average Bonchev–Trinajstić information content (AvgIpc) is 2.75. The van der Waals surface area contributed by atoms with Gasteiger partial charge in [0.25, 0.3) is 0 Å². The van der Waals surface area contributed by atoms with E-state index < -0.39 is 63.8 Å². The molecule has 3 rings (SSSR count). The van der Waals surface area contributed by atoms with E-state index in [1.54, 1.807) is 30.3 Å². The lowest BCUT2D eigenvalue weighted by Gasteiger charge is -2.23. The molecule has 0 radical (unpaired) electrons. The van der Waals surface area contributed by atoms with Gasteiger partial charge in [0, 0.05) is 6.20 Å². The van der Waals surface area contributed by atoms with Gasteiger partial charge in [-0.1, -0.05) is 30.3 Å². The Balaban J connectivity index is 2.32. The van der Waals surface area contributed by atoms with Gasteiger partial charge in [0.2, 0.25) is 5.43 Å². The van der Waals surface area contributed by atoms with Crippen LogP contribution in [0.2, 0.25) is 0 Å². The predicted octanol–water partition coefficient (Wildman–Crippen LogP) is 3.01. The average molecular weight is 424 g/mol. The van der Waals surface area contributed by atoms with Crippen molar-refractivity contribution in [3.8, 4) is 0 Å². The van der Waals surface area contributed by atoms with E-state index >= 15 is 0 Å². The fourth-order valence-corrected chi connectivity index (χ4v) is 2.97. The van der Waals surface area contributed by atoms with E-state index in [1.807, 2.05) is 0 Å². The number of carbonyl (C=O) groups is 1. The molecule has 3 aromatic rings. The summed E-state index contributed by atoms with van der Waals surface area (Å²) in [6, 6.07) is 7.32. The molecule has 1 unspecified atom stereocenters. The summed E-state index contributed by atoms with van der Waals surface area (Å²) < 4.78 is 62.1. The summed E-state index contributed by atoms with van der Waals surface area (Å²) in [6.07, 6.45) is 0.786. The molecule has 0 fully saturated rings. The van der Waals surface area contributed by atoms with Crippen molar-refractivity contribution in [1.29, 1.82) is 0 Å². The Labute approximate surface area is 167 Å². The molecule has 0 saturated heterocycles. The second kappa shape index (κ2) is 8.54. The molecule has 6 nitrogen and oxygen atoms in total. The number of ether oxygens (including phenoxy) is 1. The van der Waals surface area contributed by atoms with Crippen molar-refractivity contribution in [3.05, 3.63) is 81.1 Å². The van der Waals surface area contributed by atoms with Crippen LogP contribution in [0.3, 0.4) is 0 Å².